The zero-order valence-corrected chi connectivity index (χ0v) is 11.8. The van der Waals surface area contributed by atoms with Crippen LogP contribution in [0.1, 0.15) is 37.6 Å². The van der Waals surface area contributed by atoms with E-state index >= 15 is 0 Å². The van der Waals surface area contributed by atoms with Gasteiger partial charge in [-0.05, 0) is 42.9 Å². The van der Waals surface area contributed by atoms with E-state index in [4.69, 9.17) is 4.52 Å². The third-order valence-electron chi connectivity index (χ3n) is 5.47. The molecule has 4 heteroatoms. The predicted molar refractivity (Wildman–Crippen MR) is 73.6 cm³/mol. The van der Waals surface area contributed by atoms with Crippen molar-refractivity contribution < 1.29 is 9.32 Å². The Morgan fingerprint density at radius 1 is 1.50 bits per heavy atom. The Bertz CT molecular complexity index is 571. The molecule has 3 atom stereocenters. The number of rotatable bonds is 4. The molecule has 4 nitrogen and oxygen atoms in total. The zero-order chi connectivity index (χ0) is 13.7. The van der Waals surface area contributed by atoms with Gasteiger partial charge in [-0.15, -0.1) is 0 Å². The van der Waals surface area contributed by atoms with Crippen molar-refractivity contribution in [1.82, 2.24) is 10.5 Å². The molecule has 1 heterocycles. The standard InChI is InChI=1S/C16H20N2O2/c1-2-11-8-12(20-18-11)9-17-15(19)13-7-10-3-4-14(13)16(10)5-6-16/h3-4,8,10,13-14H,2,5-7,9H2,1H3,(H,17,19). The van der Waals surface area contributed by atoms with Crippen LogP contribution >= 0.6 is 0 Å². The smallest absolute Gasteiger partial charge is 0.224 e. The molecule has 1 aromatic heterocycles. The summed E-state index contributed by atoms with van der Waals surface area (Å²) >= 11 is 0. The maximum atomic E-state index is 12.4. The highest BCUT2D eigenvalue weighted by atomic mass is 16.5. The summed E-state index contributed by atoms with van der Waals surface area (Å²) in [4.78, 5) is 12.4. The van der Waals surface area contributed by atoms with E-state index in [2.05, 4.69) is 22.6 Å². The largest absolute Gasteiger partial charge is 0.359 e. The number of carbonyl (C=O) groups excluding carboxylic acids is 1. The number of amides is 1. The molecule has 3 unspecified atom stereocenters. The third kappa shape index (κ3) is 1.67. The molecule has 3 aliphatic rings. The predicted octanol–water partition coefficient (Wildman–Crippen LogP) is 2.46. The van der Waals surface area contributed by atoms with Gasteiger partial charge in [0.05, 0.1) is 12.2 Å². The van der Waals surface area contributed by atoms with Crippen LogP contribution in [0.15, 0.2) is 22.7 Å². The molecule has 1 amide bonds. The van der Waals surface area contributed by atoms with Crippen LogP contribution in [0.2, 0.25) is 0 Å². The molecule has 2 bridgehead atoms. The molecule has 1 spiro atoms. The Kier molecular flexibility index (Phi) is 2.56. The van der Waals surface area contributed by atoms with E-state index in [-0.39, 0.29) is 11.8 Å². The summed E-state index contributed by atoms with van der Waals surface area (Å²) < 4.78 is 5.21. The molecule has 2 fully saturated rings. The van der Waals surface area contributed by atoms with Crippen molar-refractivity contribution in [2.75, 3.05) is 0 Å². The SMILES string of the molecule is CCc1cc(CNC(=O)C2CC3C=CC2C32CC2)on1. The van der Waals surface area contributed by atoms with Crippen LogP contribution in [-0.2, 0) is 17.8 Å². The second-order valence-electron chi connectivity index (χ2n) is 6.45. The van der Waals surface area contributed by atoms with Gasteiger partial charge >= 0.3 is 0 Å². The summed E-state index contributed by atoms with van der Waals surface area (Å²) in [6.45, 7) is 2.49. The normalized spacial score (nSPS) is 31.9. The summed E-state index contributed by atoms with van der Waals surface area (Å²) in [5, 5.41) is 6.97. The van der Waals surface area contributed by atoms with Gasteiger partial charge in [0.25, 0.3) is 0 Å². The van der Waals surface area contributed by atoms with E-state index in [1.807, 2.05) is 13.0 Å². The van der Waals surface area contributed by atoms with Gasteiger partial charge in [-0.25, -0.2) is 0 Å². The Hall–Kier alpha value is -1.58. The van der Waals surface area contributed by atoms with E-state index in [9.17, 15) is 4.79 Å². The molecule has 0 aliphatic heterocycles. The van der Waals surface area contributed by atoms with Crippen molar-refractivity contribution in [3.63, 3.8) is 0 Å². The van der Waals surface area contributed by atoms with Crippen LogP contribution in [0.3, 0.4) is 0 Å². The Labute approximate surface area is 118 Å². The minimum atomic E-state index is 0.168. The third-order valence-corrected chi connectivity index (χ3v) is 5.47. The number of nitrogens with zero attached hydrogens (tertiary/aromatic N) is 1. The van der Waals surface area contributed by atoms with E-state index in [0.717, 1.165) is 24.3 Å². The summed E-state index contributed by atoms with van der Waals surface area (Å²) in [5.74, 6) is 2.23. The lowest BCUT2D eigenvalue weighted by atomic mass is 9.88. The summed E-state index contributed by atoms with van der Waals surface area (Å²) in [7, 11) is 0. The van der Waals surface area contributed by atoms with Crippen LogP contribution in [0.25, 0.3) is 0 Å². The van der Waals surface area contributed by atoms with Crippen LogP contribution in [0, 0.1) is 23.2 Å². The molecule has 1 N–H and O–H groups in total. The molecule has 1 aromatic rings. The number of carbonyl (C=O) groups is 1. The van der Waals surface area contributed by atoms with Crippen molar-refractivity contribution in [3.05, 3.63) is 29.7 Å². The summed E-state index contributed by atoms with van der Waals surface area (Å²) in [6, 6.07) is 1.92. The first-order valence-electron chi connectivity index (χ1n) is 7.63. The number of aryl methyl sites for hydroxylation is 1. The molecule has 4 rings (SSSR count). The molecule has 0 aromatic carbocycles. The van der Waals surface area contributed by atoms with Gasteiger partial charge in [0, 0.05) is 12.0 Å². The fraction of sp³-hybridized carbons (Fsp3) is 0.625. The topological polar surface area (TPSA) is 55.1 Å². The highest BCUT2D eigenvalue weighted by Gasteiger charge is 2.63. The molecule has 0 saturated heterocycles. The van der Waals surface area contributed by atoms with Gasteiger partial charge in [-0.2, -0.15) is 0 Å². The lowest BCUT2D eigenvalue weighted by Gasteiger charge is -2.18. The molecule has 20 heavy (non-hydrogen) atoms. The second-order valence-corrected chi connectivity index (χ2v) is 6.45. The van der Waals surface area contributed by atoms with Crippen molar-refractivity contribution >= 4 is 5.91 Å². The number of hydrogen-bond donors (Lipinski definition) is 1. The number of hydrogen-bond acceptors (Lipinski definition) is 3. The van der Waals surface area contributed by atoms with Crippen LogP contribution in [0.5, 0.6) is 0 Å². The summed E-state index contributed by atoms with van der Waals surface area (Å²) in [5.41, 5.74) is 1.41. The first-order chi connectivity index (χ1) is 9.73. The van der Waals surface area contributed by atoms with Gasteiger partial charge in [-0.1, -0.05) is 24.2 Å². The van der Waals surface area contributed by atoms with Gasteiger partial charge < -0.3 is 9.84 Å². The fourth-order valence-electron chi connectivity index (χ4n) is 4.18. The molecular weight excluding hydrogens is 252 g/mol. The van der Waals surface area contributed by atoms with E-state index in [1.165, 1.54) is 12.8 Å². The Morgan fingerprint density at radius 2 is 2.35 bits per heavy atom. The van der Waals surface area contributed by atoms with Gasteiger partial charge in [0.15, 0.2) is 5.76 Å². The molecule has 106 valence electrons. The molecule has 3 aliphatic carbocycles. The number of nitrogens with one attached hydrogen (secondary N) is 1. The first kappa shape index (κ1) is 12.2. The quantitative estimate of drug-likeness (QED) is 0.857. The first-order valence-corrected chi connectivity index (χ1v) is 7.63. The highest BCUT2D eigenvalue weighted by Crippen LogP contribution is 2.70. The van der Waals surface area contributed by atoms with Crippen molar-refractivity contribution in [2.45, 2.75) is 39.2 Å². The average molecular weight is 272 g/mol. The minimum absolute atomic E-state index is 0.168. The fourth-order valence-corrected chi connectivity index (χ4v) is 4.18. The maximum absolute atomic E-state index is 12.4. The monoisotopic (exact) mass is 272 g/mol. The lowest BCUT2D eigenvalue weighted by Crippen LogP contribution is -2.33. The zero-order valence-electron chi connectivity index (χ0n) is 11.8. The molecular formula is C16H20N2O2. The average Bonchev–Trinajstić information content (AvgIpc) is 2.89. The van der Waals surface area contributed by atoms with Gasteiger partial charge in [-0.3, -0.25) is 4.79 Å². The van der Waals surface area contributed by atoms with E-state index in [1.54, 1.807) is 0 Å². The minimum Gasteiger partial charge on any atom is -0.359 e. The Morgan fingerprint density at radius 3 is 3.00 bits per heavy atom. The van der Waals surface area contributed by atoms with Crippen LogP contribution < -0.4 is 5.32 Å². The highest BCUT2D eigenvalue weighted by molar-refractivity contribution is 5.80. The number of aromatic nitrogens is 1. The van der Waals surface area contributed by atoms with Crippen LogP contribution in [-0.4, -0.2) is 11.1 Å². The van der Waals surface area contributed by atoms with Gasteiger partial charge in [0.1, 0.15) is 0 Å². The second kappa shape index (κ2) is 4.21. The molecule has 2 saturated carbocycles. The van der Waals surface area contributed by atoms with Gasteiger partial charge in [0.2, 0.25) is 5.91 Å². The maximum Gasteiger partial charge on any atom is 0.224 e. The van der Waals surface area contributed by atoms with Crippen molar-refractivity contribution in [3.8, 4) is 0 Å². The van der Waals surface area contributed by atoms with E-state index < -0.39 is 0 Å². The summed E-state index contributed by atoms with van der Waals surface area (Å²) in [6.07, 6.45) is 9.13. The molecule has 0 radical (unpaired) electrons. The van der Waals surface area contributed by atoms with E-state index in [0.29, 0.717) is 23.8 Å². The van der Waals surface area contributed by atoms with Crippen LogP contribution in [0.4, 0.5) is 0 Å². The Balaban J connectivity index is 1.38. The lowest BCUT2D eigenvalue weighted by molar-refractivity contribution is -0.126. The number of allylic oxidation sites excluding steroid dienone is 2. The van der Waals surface area contributed by atoms with Crippen molar-refractivity contribution in [2.24, 2.45) is 23.2 Å². The van der Waals surface area contributed by atoms with Crippen molar-refractivity contribution in [1.29, 1.82) is 0 Å².